The highest BCUT2D eigenvalue weighted by Crippen LogP contribution is 2.34. The number of piperidine rings is 1. The molecule has 0 radical (unpaired) electrons. The van der Waals surface area contributed by atoms with Crippen molar-refractivity contribution >= 4 is 21.8 Å². The van der Waals surface area contributed by atoms with E-state index in [4.69, 9.17) is 4.74 Å². The standard InChI is InChI=1S/C26H27N3O3/c30-25(9-15-32-22-8-7-19-5-3-12-27-24(19)17-22)29-13-10-26(31,11-14-29)21-16-20-4-1-2-6-23(20)28-18-21/h1-8,12,16-18,25,30-31H,9-11,13-15H2/t25-/m0/s1. The van der Waals surface area contributed by atoms with Crippen LogP contribution >= 0.6 is 0 Å². The molecule has 1 fully saturated rings. The zero-order valence-electron chi connectivity index (χ0n) is 17.9. The van der Waals surface area contributed by atoms with E-state index in [0.29, 0.717) is 39.0 Å². The average molecular weight is 430 g/mol. The molecular formula is C26H27N3O3. The van der Waals surface area contributed by atoms with Crippen LogP contribution in [0.2, 0.25) is 0 Å². The normalized spacial score (nSPS) is 17.4. The number of hydrogen-bond acceptors (Lipinski definition) is 6. The first-order chi connectivity index (χ1) is 15.6. The van der Waals surface area contributed by atoms with Gasteiger partial charge >= 0.3 is 0 Å². The molecule has 3 heterocycles. The van der Waals surface area contributed by atoms with E-state index in [-0.39, 0.29) is 0 Å². The molecule has 32 heavy (non-hydrogen) atoms. The second kappa shape index (κ2) is 8.82. The molecule has 1 aliphatic heterocycles. The molecule has 4 aromatic rings. The highest BCUT2D eigenvalue weighted by molar-refractivity contribution is 5.80. The van der Waals surface area contributed by atoms with Crippen LogP contribution < -0.4 is 4.74 Å². The molecule has 5 rings (SSSR count). The molecule has 6 heteroatoms. The van der Waals surface area contributed by atoms with Gasteiger partial charge < -0.3 is 14.9 Å². The lowest BCUT2D eigenvalue weighted by atomic mass is 9.84. The molecule has 0 amide bonds. The van der Waals surface area contributed by atoms with Gasteiger partial charge in [0.2, 0.25) is 0 Å². The minimum Gasteiger partial charge on any atom is -0.493 e. The van der Waals surface area contributed by atoms with Gasteiger partial charge in [0.25, 0.3) is 0 Å². The van der Waals surface area contributed by atoms with Crippen molar-refractivity contribution in [2.45, 2.75) is 31.1 Å². The van der Waals surface area contributed by atoms with Crippen molar-refractivity contribution in [2.24, 2.45) is 0 Å². The van der Waals surface area contributed by atoms with Crippen LogP contribution in [0.4, 0.5) is 0 Å². The largest absolute Gasteiger partial charge is 0.493 e. The lowest BCUT2D eigenvalue weighted by molar-refractivity contribution is -0.0819. The summed E-state index contributed by atoms with van der Waals surface area (Å²) in [6, 6.07) is 19.7. The number of para-hydroxylation sites is 1. The summed E-state index contributed by atoms with van der Waals surface area (Å²) >= 11 is 0. The Morgan fingerprint density at radius 2 is 1.75 bits per heavy atom. The number of aliphatic hydroxyl groups is 2. The monoisotopic (exact) mass is 429 g/mol. The minimum absolute atomic E-state index is 0.412. The van der Waals surface area contributed by atoms with E-state index in [1.807, 2.05) is 65.6 Å². The number of likely N-dealkylation sites (tertiary alicyclic amines) is 1. The summed E-state index contributed by atoms with van der Waals surface area (Å²) in [5.74, 6) is 0.750. The molecule has 0 bridgehead atoms. The fourth-order valence-electron chi connectivity index (χ4n) is 4.41. The molecule has 0 saturated carbocycles. The van der Waals surface area contributed by atoms with Crippen molar-refractivity contribution in [3.8, 4) is 5.75 Å². The quantitative estimate of drug-likeness (QED) is 0.485. The van der Waals surface area contributed by atoms with Crippen LogP contribution in [-0.4, -0.2) is 51.0 Å². The van der Waals surface area contributed by atoms with Gasteiger partial charge in [-0.2, -0.15) is 0 Å². The molecule has 0 unspecified atom stereocenters. The van der Waals surface area contributed by atoms with Crippen molar-refractivity contribution in [2.75, 3.05) is 19.7 Å². The Morgan fingerprint density at radius 1 is 0.938 bits per heavy atom. The van der Waals surface area contributed by atoms with Crippen molar-refractivity contribution in [3.05, 3.63) is 78.6 Å². The van der Waals surface area contributed by atoms with Gasteiger partial charge in [0.15, 0.2) is 0 Å². The molecule has 1 saturated heterocycles. The van der Waals surface area contributed by atoms with Gasteiger partial charge in [0.05, 0.1) is 23.2 Å². The van der Waals surface area contributed by atoms with Gasteiger partial charge in [-0.1, -0.05) is 24.3 Å². The lowest BCUT2D eigenvalue weighted by Crippen LogP contribution is -2.47. The molecule has 2 aromatic heterocycles. The van der Waals surface area contributed by atoms with Crippen LogP contribution in [0.15, 0.2) is 73.1 Å². The van der Waals surface area contributed by atoms with Gasteiger partial charge in [-0.15, -0.1) is 0 Å². The van der Waals surface area contributed by atoms with E-state index in [9.17, 15) is 10.2 Å². The second-order valence-electron chi connectivity index (χ2n) is 8.46. The Morgan fingerprint density at radius 3 is 2.62 bits per heavy atom. The Bertz CT molecular complexity index is 1220. The number of rotatable bonds is 6. The van der Waals surface area contributed by atoms with Gasteiger partial charge in [0, 0.05) is 54.3 Å². The number of pyridine rings is 2. The summed E-state index contributed by atoms with van der Waals surface area (Å²) < 4.78 is 5.84. The fourth-order valence-corrected chi connectivity index (χ4v) is 4.41. The average Bonchev–Trinajstić information content (AvgIpc) is 2.84. The third-order valence-corrected chi connectivity index (χ3v) is 6.40. The molecule has 1 atom stereocenters. The molecular weight excluding hydrogens is 402 g/mol. The predicted molar refractivity (Wildman–Crippen MR) is 124 cm³/mol. The zero-order valence-corrected chi connectivity index (χ0v) is 17.9. The molecule has 164 valence electrons. The summed E-state index contributed by atoms with van der Waals surface area (Å²) in [5.41, 5.74) is 1.75. The predicted octanol–water partition coefficient (Wildman–Crippen LogP) is 3.85. The number of nitrogens with zero attached hydrogens (tertiary/aromatic N) is 3. The third kappa shape index (κ3) is 4.30. The SMILES string of the molecule is O[C@@H](CCOc1ccc2cccnc2c1)N1CCC(O)(c2cnc3ccccc3c2)CC1. The highest BCUT2D eigenvalue weighted by atomic mass is 16.5. The maximum absolute atomic E-state index is 11.2. The summed E-state index contributed by atoms with van der Waals surface area (Å²) in [7, 11) is 0. The minimum atomic E-state index is -0.915. The first kappa shape index (κ1) is 20.8. The van der Waals surface area contributed by atoms with Crippen molar-refractivity contribution in [1.29, 1.82) is 0 Å². The third-order valence-electron chi connectivity index (χ3n) is 6.40. The number of aliphatic hydroxyl groups excluding tert-OH is 1. The Kier molecular flexibility index (Phi) is 5.74. The second-order valence-corrected chi connectivity index (χ2v) is 8.46. The summed E-state index contributed by atoms with van der Waals surface area (Å²) in [6.07, 6.45) is 4.55. The summed E-state index contributed by atoms with van der Waals surface area (Å²) in [5, 5.41) is 24.0. The van der Waals surface area contributed by atoms with Crippen LogP contribution in [0, 0.1) is 0 Å². The van der Waals surface area contributed by atoms with Crippen LogP contribution in [0.25, 0.3) is 21.8 Å². The van der Waals surface area contributed by atoms with E-state index >= 15 is 0 Å². The Hall–Kier alpha value is -3.06. The van der Waals surface area contributed by atoms with Gasteiger partial charge in [0.1, 0.15) is 12.0 Å². The maximum Gasteiger partial charge on any atom is 0.121 e. The topological polar surface area (TPSA) is 78.7 Å². The molecule has 6 nitrogen and oxygen atoms in total. The van der Waals surface area contributed by atoms with Crippen LogP contribution in [0.3, 0.4) is 0 Å². The van der Waals surface area contributed by atoms with E-state index in [1.54, 1.807) is 12.4 Å². The van der Waals surface area contributed by atoms with Crippen LogP contribution in [0.5, 0.6) is 5.75 Å². The first-order valence-electron chi connectivity index (χ1n) is 11.1. The van der Waals surface area contributed by atoms with Crippen molar-refractivity contribution < 1.29 is 14.9 Å². The van der Waals surface area contributed by atoms with E-state index in [2.05, 4.69) is 9.97 Å². The van der Waals surface area contributed by atoms with E-state index in [1.165, 1.54) is 0 Å². The number of ether oxygens (including phenoxy) is 1. The van der Waals surface area contributed by atoms with Crippen molar-refractivity contribution in [1.82, 2.24) is 14.9 Å². The Balaban J connectivity index is 1.15. The number of benzene rings is 2. The maximum atomic E-state index is 11.2. The van der Waals surface area contributed by atoms with Gasteiger partial charge in [-0.05, 0) is 43.2 Å². The molecule has 0 spiro atoms. The highest BCUT2D eigenvalue weighted by Gasteiger charge is 2.36. The zero-order chi connectivity index (χ0) is 22.0. The van der Waals surface area contributed by atoms with Gasteiger partial charge in [-0.3, -0.25) is 14.9 Å². The van der Waals surface area contributed by atoms with Crippen molar-refractivity contribution in [3.63, 3.8) is 0 Å². The van der Waals surface area contributed by atoms with E-state index < -0.39 is 11.8 Å². The van der Waals surface area contributed by atoms with Crippen LogP contribution in [-0.2, 0) is 5.60 Å². The molecule has 2 N–H and O–H groups in total. The smallest absolute Gasteiger partial charge is 0.121 e. The molecule has 0 aliphatic carbocycles. The molecule has 1 aliphatic rings. The van der Waals surface area contributed by atoms with E-state index in [0.717, 1.165) is 33.1 Å². The summed E-state index contributed by atoms with van der Waals surface area (Å²) in [6.45, 7) is 1.64. The van der Waals surface area contributed by atoms with Crippen LogP contribution in [0.1, 0.15) is 24.8 Å². The van der Waals surface area contributed by atoms with Gasteiger partial charge in [-0.25, -0.2) is 0 Å². The number of hydrogen-bond donors (Lipinski definition) is 2. The fraction of sp³-hybridized carbons (Fsp3) is 0.308. The number of aromatic nitrogens is 2. The first-order valence-corrected chi connectivity index (χ1v) is 11.1. The number of fused-ring (bicyclic) bond motifs is 2. The Labute approximate surface area is 187 Å². The summed E-state index contributed by atoms with van der Waals surface area (Å²) in [4.78, 5) is 10.9. The lowest BCUT2D eigenvalue weighted by Gasteiger charge is -2.40. The molecule has 2 aromatic carbocycles.